The van der Waals surface area contributed by atoms with Gasteiger partial charge in [0.2, 0.25) is 0 Å². The Balaban J connectivity index is 1.61. The zero-order valence-corrected chi connectivity index (χ0v) is 18.9. The standard InChI is InChI=1S/C24H26O7S/c1-14-9-11-17(12-10-14)23-27-13-19-20(31-23)21(28-15(2)25)22(29-16(3)26)24(30-19)32-18-7-5-4-6-8-18/h4-12,19-24H,13H2,1-3H3/t19-,20+,21+,22-,23?,24+/m1/s1. The van der Waals surface area contributed by atoms with Crippen molar-refractivity contribution in [1.29, 1.82) is 0 Å². The monoisotopic (exact) mass is 458 g/mol. The normalized spacial score (nSPS) is 29.6. The summed E-state index contributed by atoms with van der Waals surface area (Å²) in [5.41, 5.74) is 1.37. The molecule has 0 bridgehead atoms. The molecule has 0 aromatic heterocycles. The van der Waals surface area contributed by atoms with E-state index in [0.29, 0.717) is 0 Å². The highest BCUT2D eigenvalue weighted by molar-refractivity contribution is 7.99. The molecule has 0 spiro atoms. The van der Waals surface area contributed by atoms with Gasteiger partial charge in [0, 0.05) is 24.3 Å². The third-order valence-electron chi connectivity index (χ3n) is 5.23. The fourth-order valence-electron chi connectivity index (χ4n) is 3.81. The number of hydrogen-bond acceptors (Lipinski definition) is 8. The van der Waals surface area contributed by atoms with Crippen molar-refractivity contribution in [3.05, 3.63) is 65.7 Å². The van der Waals surface area contributed by atoms with Gasteiger partial charge in [0.05, 0.1) is 6.61 Å². The Morgan fingerprint density at radius 2 is 1.56 bits per heavy atom. The molecule has 1 unspecified atom stereocenters. The molecule has 2 aliphatic rings. The van der Waals surface area contributed by atoms with Crippen molar-refractivity contribution in [2.75, 3.05) is 6.61 Å². The first-order chi connectivity index (χ1) is 15.4. The van der Waals surface area contributed by atoms with Crippen molar-refractivity contribution in [1.82, 2.24) is 0 Å². The van der Waals surface area contributed by atoms with Gasteiger partial charge in [-0.15, -0.1) is 0 Å². The fourth-order valence-corrected chi connectivity index (χ4v) is 4.94. The number of hydrogen-bond donors (Lipinski definition) is 0. The van der Waals surface area contributed by atoms with E-state index in [1.54, 1.807) is 0 Å². The van der Waals surface area contributed by atoms with Crippen molar-refractivity contribution in [2.24, 2.45) is 0 Å². The summed E-state index contributed by atoms with van der Waals surface area (Å²) in [6.45, 7) is 4.90. The second-order valence-corrected chi connectivity index (χ2v) is 8.97. The summed E-state index contributed by atoms with van der Waals surface area (Å²) in [5, 5.41) is 0. The molecule has 0 N–H and O–H groups in total. The van der Waals surface area contributed by atoms with Gasteiger partial charge in [0.15, 0.2) is 18.5 Å². The van der Waals surface area contributed by atoms with E-state index in [-0.39, 0.29) is 6.61 Å². The number of thioether (sulfide) groups is 1. The summed E-state index contributed by atoms with van der Waals surface area (Å²) >= 11 is 1.40. The minimum atomic E-state index is -0.848. The maximum absolute atomic E-state index is 12.0. The number of aryl methyl sites for hydroxylation is 1. The predicted molar refractivity (Wildman–Crippen MR) is 117 cm³/mol. The average Bonchev–Trinajstić information content (AvgIpc) is 2.76. The first-order valence-electron chi connectivity index (χ1n) is 10.5. The van der Waals surface area contributed by atoms with Gasteiger partial charge in [-0.2, -0.15) is 0 Å². The van der Waals surface area contributed by atoms with Gasteiger partial charge in [0.25, 0.3) is 0 Å². The number of fused-ring (bicyclic) bond motifs is 1. The van der Waals surface area contributed by atoms with E-state index in [0.717, 1.165) is 16.0 Å². The van der Waals surface area contributed by atoms with Crippen LogP contribution in [0, 0.1) is 6.92 Å². The van der Waals surface area contributed by atoms with Crippen molar-refractivity contribution in [2.45, 2.75) is 61.8 Å². The molecule has 0 amide bonds. The van der Waals surface area contributed by atoms with Gasteiger partial charge in [0.1, 0.15) is 17.6 Å². The molecule has 32 heavy (non-hydrogen) atoms. The second-order valence-electron chi connectivity index (χ2n) is 7.80. The van der Waals surface area contributed by atoms with E-state index in [2.05, 4.69) is 0 Å². The SMILES string of the molecule is CC(=O)O[C@H]1[C@H]2OC(c3ccc(C)cc3)OC[C@H]2O[C@@H](Sc2ccccc2)[C@@H]1OC(C)=O. The van der Waals surface area contributed by atoms with Gasteiger partial charge in [-0.1, -0.05) is 59.8 Å². The Labute approximate surface area is 191 Å². The number of benzene rings is 2. The summed E-state index contributed by atoms with van der Waals surface area (Å²) < 4.78 is 29.7. The molecule has 0 saturated carbocycles. The minimum Gasteiger partial charge on any atom is -0.456 e. The Bertz CT molecular complexity index is 933. The third kappa shape index (κ3) is 5.32. The van der Waals surface area contributed by atoms with Gasteiger partial charge < -0.3 is 23.7 Å². The van der Waals surface area contributed by atoms with Crippen LogP contribution in [0.2, 0.25) is 0 Å². The van der Waals surface area contributed by atoms with Crippen LogP contribution in [0.5, 0.6) is 0 Å². The summed E-state index contributed by atoms with van der Waals surface area (Å²) in [4.78, 5) is 24.8. The number of ether oxygens (including phenoxy) is 5. The largest absolute Gasteiger partial charge is 0.456 e. The lowest BCUT2D eigenvalue weighted by Crippen LogP contribution is -2.63. The molecule has 2 aromatic carbocycles. The summed E-state index contributed by atoms with van der Waals surface area (Å²) in [6, 6.07) is 17.4. The smallest absolute Gasteiger partial charge is 0.303 e. The maximum atomic E-state index is 12.0. The van der Waals surface area contributed by atoms with Gasteiger partial charge in [-0.25, -0.2) is 0 Å². The number of carbonyl (C=O) groups is 2. The molecule has 4 rings (SSSR count). The molecule has 2 aliphatic heterocycles. The van der Waals surface area contributed by atoms with Crippen LogP contribution in [0.1, 0.15) is 31.3 Å². The van der Waals surface area contributed by atoms with Crippen molar-refractivity contribution >= 4 is 23.7 Å². The molecular formula is C24H26O7S. The summed E-state index contributed by atoms with van der Waals surface area (Å²) in [6.07, 6.45) is -3.48. The molecule has 170 valence electrons. The van der Waals surface area contributed by atoms with E-state index in [1.165, 1.54) is 25.6 Å². The molecule has 2 aromatic rings. The van der Waals surface area contributed by atoms with Crippen LogP contribution in [-0.2, 0) is 33.3 Å². The molecule has 8 heteroatoms. The zero-order valence-electron chi connectivity index (χ0n) is 18.1. The van der Waals surface area contributed by atoms with E-state index in [1.807, 2.05) is 61.5 Å². The molecule has 2 heterocycles. The predicted octanol–water partition coefficient (Wildman–Crippen LogP) is 3.79. The van der Waals surface area contributed by atoms with E-state index in [4.69, 9.17) is 23.7 Å². The molecule has 2 fully saturated rings. The van der Waals surface area contributed by atoms with Gasteiger partial charge in [-0.05, 0) is 19.1 Å². The fraction of sp³-hybridized carbons (Fsp3) is 0.417. The average molecular weight is 459 g/mol. The Hall–Kier alpha value is -2.39. The first-order valence-corrected chi connectivity index (χ1v) is 11.3. The molecule has 0 radical (unpaired) electrons. The maximum Gasteiger partial charge on any atom is 0.303 e. The van der Waals surface area contributed by atoms with Crippen LogP contribution >= 0.6 is 11.8 Å². The topological polar surface area (TPSA) is 80.3 Å². The molecular weight excluding hydrogens is 432 g/mol. The number of esters is 2. The van der Waals surface area contributed by atoms with Crippen LogP contribution in [0.15, 0.2) is 59.5 Å². The van der Waals surface area contributed by atoms with Crippen LogP contribution in [0.25, 0.3) is 0 Å². The molecule has 0 aliphatic carbocycles. The lowest BCUT2D eigenvalue weighted by atomic mass is 9.98. The summed E-state index contributed by atoms with van der Waals surface area (Å²) in [5.74, 6) is -0.978. The van der Waals surface area contributed by atoms with E-state index in [9.17, 15) is 9.59 Å². The molecule has 2 saturated heterocycles. The van der Waals surface area contributed by atoms with Gasteiger partial charge in [-0.3, -0.25) is 9.59 Å². The van der Waals surface area contributed by atoms with Crippen LogP contribution in [0.3, 0.4) is 0 Å². The van der Waals surface area contributed by atoms with Crippen LogP contribution in [-0.4, -0.2) is 48.4 Å². The quantitative estimate of drug-likeness (QED) is 0.626. The van der Waals surface area contributed by atoms with E-state index >= 15 is 0 Å². The van der Waals surface area contributed by atoms with E-state index < -0.39 is 48.1 Å². The minimum absolute atomic E-state index is 0.250. The van der Waals surface area contributed by atoms with Crippen LogP contribution in [0.4, 0.5) is 0 Å². The first kappa shape index (κ1) is 22.8. The lowest BCUT2D eigenvalue weighted by molar-refractivity contribution is -0.320. The van der Waals surface area contributed by atoms with Crippen LogP contribution < -0.4 is 0 Å². The van der Waals surface area contributed by atoms with Crippen molar-refractivity contribution in [3.8, 4) is 0 Å². The molecule has 7 nitrogen and oxygen atoms in total. The second kappa shape index (κ2) is 10.0. The van der Waals surface area contributed by atoms with Gasteiger partial charge >= 0.3 is 11.9 Å². The molecule has 6 atom stereocenters. The number of carbonyl (C=O) groups excluding carboxylic acids is 2. The number of rotatable bonds is 5. The lowest BCUT2D eigenvalue weighted by Gasteiger charge is -2.48. The third-order valence-corrected chi connectivity index (χ3v) is 6.39. The highest BCUT2D eigenvalue weighted by Crippen LogP contribution is 2.41. The highest BCUT2D eigenvalue weighted by Gasteiger charge is 2.53. The van der Waals surface area contributed by atoms with Crippen molar-refractivity contribution < 1.29 is 33.3 Å². The van der Waals surface area contributed by atoms with Crippen molar-refractivity contribution in [3.63, 3.8) is 0 Å². The Morgan fingerprint density at radius 1 is 0.906 bits per heavy atom. The Kier molecular flexibility index (Phi) is 7.15. The Morgan fingerprint density at radius 3 is 2.22 bits per heavy atom. The summed E-state index contributed by atoms with van der Waals surface area (Å²) in [7, 11) is 0. The zero-order chi connectivity index (χ0) is 22.7. The highest BCUT2D eigenvalue weighted by atomic mass is 32.2.